The largest absolute Gasteiger partial charge is 0.419 e. The first-order valence-corrected chi connectivity index (χ1v) is 7.40. The minimum atomic E-state index is -0.305. The lowest BCUT2D eigenvalue weighted by molar-refractivity contribution is 0.469. The maximum Gasteiger partial charge on any atom is 0.247 e. The molecule has 3 aromatic rings. The predicted octanol–water partition coefficient (Wildman–Crippen LogP) is 2.45. The van der Waals surface area contributed by atoms with E-state index in [4.69, 9.17) is 4.42 Å². The maximum atomic E-state index is 12.9. The maximum absolute atomic E-state index is 12.9. The third kappa shape index (κ3) is 3.33. The van der Waals surface area contributed by atoms with Gasteiger partial charge in [-0.2, -0.15) is 0 Å². The van der Waals surface area contributed by atoms with E-state index >= 15 is 0 Å². The Balaban J connectivity index is 1.73. The first kappa shape index (κ1) is 13.9. The topological polar surface area (TPSA) is 69.6 Å². The molecule has 0 N–H and O–H groups in total. The molecule has 0 aliphatic heterocycles. The van der Waals surface area contributed by atoms with Crippen LogP contribution < -0.4 is 0 Å². The highest BCUT2D eigenvalue weighted by molar-refractivity contribution is 9.09. The number of hydrogen-bond acceptors (Lipinski definition) is 5. The highest BCUT2D eigenvalue weighted by atomic mass is 79.9. The summed E-state index contributed by atoms with van der Waals surface area (Å²) < 4.78 is 20.1. The van der Waals surface area contributed by atoms with Crippen molar-refractivity contribution in [2.24, 2.45) is 0 Å². The molecule has 0 saturated carbocycles. The van der Waals surface area contributed by atoms with E-state index in [1.54, 1.807) is 16.8 Å². The van der Waals surface area contributed by atoms with Crippen LogP contribution in [0.25, 0.3) is 11.5 Å². The standard InChI is InChI=1S/C13H11BrFN5O/c14-6-5-11-7-20(19-16-11)8-12-17-18-13(21-12)9-1-3-10(15)4-2-9/h1-4,7H,5-6,8H2. The van der Waals surface area contributed by atoms with Gasteiger partial charge in [0, 0.05) is 23.5 Å². The zero-order valence-corrected chi connectivity index (χ0v) is 12.5. The third-order valence-corrected chi connectivity index (χ3v) is 3.19. The zero-order valence-electron chi connectivity index (χ0n) is 10.9. The second kappa shape index (κ2) is 6.13. The molecule has 21 heavy (non-hydrogen) atoms. The summed E-state index contributed by atoms with van der Waals surface area (Å²) in [6.07, 6.45) is 2.65. The number of nitrogens with zero attached hydrogens (tertiary/aromatic N) is 5. The SMILES string of the molecule is Fc1ccc(-c2nnc(Cn3cc(CCBr)nn3)o2)cc1. The van der Waals surface area contributed by atoms with Crippen LogP contribution in [0.3, 0.4) is 0 Å². The number of rotatable bonds is 5. The van der Waals surface area contributed by atoms with Gasteiger partial charge in [-0.3, -0.25) is 0 Å². The van der Waals surface area contributed by atoms with Gasteiger partial charge < -0.3 is 4.42 Å². The van der Waals surface area contributed by atoms with Crippen molar-refractivity contribution >= 4 is 15.9 Å². The molecule has 0 atom stereocenters. The zero-order chi connectivity index (χ0) is 14.7. The van der Waals surface area contributed by atoms with Crippen molar-refractivity contribution in [3.63, 3.8) is 0 Å². The number of alkyl halides is 1. The van der Waals surface area contributed by atoms with Gasteiger partial charge in [-0.1, -0.05) is 21.1 Å². The average Bonchev–Trinajstić information content (AvgIpc) is 3.11. The molecule has 0 saturated heterocycles. The third-order valence-electron chi connectivity index (χ3n) is 2.79. The summed E-state index contributed by atoms with van der Waals surface area (Å²) in [5, 5.41) is 16.8. The lowest BCUT2D eigenvalue weighted by Crippen LogP contribution is -2.00. The van der Waals surface area contributed by atoms with Gasteiger partial charge in [-0.15, -0.1) is 15.3 Å². The molecule has 0 unspecified atom stereocenters. The van der Waals surface area contributed by atoms with Gasteiger partial charge >= 0.3 is 0 Å². The van der Waals surface area contributed by atoms with Crippen molar-refractivity contribution in [3.8, 4) is 11.5 Å². The summed E-state index contributed by atoms with van der Waals surface area (Å²) >= 11 is 3.35. The summed E-state index contributed by atoms with van der Waals surface area (Å²) in [5.41, 5.74) is 1.57. The molecule has 0 spiro atoms. The van der Waals surface area contributed by atoms with Crippen molar-refractivity contribution in [1.82, 2.24) is 25.2 Å². The molecule has 0 fully saturated rings. The Hall–Kier alpha value is -2.09. The fourth-order valence-corrected chi connectivity index (χ4v) is 2.20. The Morgan fingerprint density at radius 1 is 1.14 bits per heavy atom. The summed E-state index contributed by atoms with van der Waals surface area (Å²) in [6.45, 7) is 0.351. The fraction of sp³-hybridized carbons (Fsp3) is 0.231. The molecule has 8 heteroatoms. The van der Waals surface area contributed by atoms with Gasteiger partial charge in [0.05, 0.1) is 5.69 Å². The van der Waals surface area contributed by atoms with Crippen LogP contribution in [0.15, 0.2) is 34.9 Å². The van der Waals surface area contributed by atoms with Gasteiger partial charge in [0.15, 0.2) is 0 Å². The van der Waals surface area contributed by atoms with Crippen molar-refractivity contribution < 1.29 is 8.81 Å². The quantitative estimate of drug-likeness (QED) is 0.660. The van der Waals surface area contributed by atoms with Crippen molar-refractivity contribution in [2.45, 2.75) is 13.0 Å². The van der Waals surface area contributed by atoms with Gasteiger partial charge in [-0.05, 0) is 24.3 Å². The Labute approximate surface area is 128 Å². The molecule has 0 bridgehead atoms. The van der Waals surface area contributed by atoms with Gasteiger partial charge in [0.2, 0.25) is 11.8 Å². The van der Waals surface area contributed by atoms with Gasteiger partial charge in [0.25, 0.3) is 0 Å². The van der Waals surface area contributed by atoms with Crippen LogP contribution in [0.2, 0.25) is 0 Å². The number of aryl methyl sites for hydroxylation is 1. The molecule has 6 nitrogen and oxygen atoms in total. The van der Waals surface area contributed by atoms with E-state index in [0.717, 1.165) is 17.4 Å². The molecular formula is C13H11BrFN5O. The van der Waals surface area contributed by atoms with Crippen LogP contribution >= 0.6 is 15.9 Å². The fourth-order valence-electron chi connectivity index (χ4n) is 1.79. The van der Waals surface area contributed by atoms with Gasteiger partial charge in [-0.25, -0.2) is 9.07 Å². The number of hydrogen-bond donors (Lipinski definition) is 0. The molecule has 2 aromatic heterocycles. The van der Waals surface area contributed by atoms with Crippen LogP contribution in [0.5, 0.6) is 0 Å². The molecule has 1 aromatic carbocycles. The summed E-state index contributed by atoms with van der Waals surface area (Å²) in [4.78, 5) is 0. The summed E-state index contributed by atoms with van der Waals surface area (Å²) in [6, 6.07) is 5.89. The molecule has 3 rings (SSSR count). The Morgan fingerprint density at radius 3 is 2.71 bits per heavy atom. The molecule has 0 aliphatic carbocycles. The molecule has 0 aliphatic rings. The molecule has 0 amide bonds. The second-order valence-corrected chi connectivity index (χ2v) is 5.15. The van der Waals surface area contributed by atoms with Crippen LogP contribution in [-0.4, -0.2) is 30.5 Å². The van der Waals surface area contributed by atoms with E-state index in [1.165, 1.54) is 12.1 Å². The summed E-state index contributed by atoms with van der Waals surface area (Å²) in [5.74, 6) is 0.468. The minimum absolute atomic E-state index is 0.305. The Kier molecular flexibility index (Phi) is 4.05. The molecule has 0 radical (unpaired) electrons. The van der Waals surface area contributed by atoms with Crippen LogP contribution in [-0.2, 0) is 13.0 Å². The highest BCUT2D eigenvalue weighted by Gasteiger charge is 2.10. The van der Waals surface area contributed by atoms with Crippen molar-refractivity contribution in [3.05, 3.63) is 47.9 Å². The molecular weight excluding hydrogens is 341 g/mol. The minimum Gasteiger partial charge on any atom is -0.419 e. The highest BCUT2D eigenvalue weighted by Crippen LogP contribution is 2.18. The van der Waals surface area contributed by atoms with E-state index in [2.05, 4.69) is 36.4 Å². The first-order valence-electron chi connectivity index (χ1n) is 6.28. The van der Waals surface area contributed by atoms with E-state index < -0.39 is 0 Å². The molecule has 2 heterocycles. The summed E-state index contributed by atoms with van der Waals surface area (Å²) in [7, 11) is 0. The van der Waals surface area contributed by atoms with Gasteiger partial charge in [0.1, 0.15) is 12.4 Å². The monoisotopic (exact) mass is 351 g/mol. The number of aromatic nitrogens is 5. The van der Waals surface area contributed by atoms with Crippen LogP contribution in [0.1, 0.15) is 11.6 Å². The van der Waals surface area contributed by atoms with E-state index in [9.17, 15) is 4.39 Å². The van der Waals surface area contributed by atoms with Crippen molar-refractivity contribution in [2.75, 3.05) is 5.33 Å². The number of halogens is 2. The Morgan fingerprint density at radius 2 is 1.95 bits per heavy atom. The van der Waals surface area contributed by atoms with E-state index in [1.807, 2.05) is 6.20 Å². The lowest BCUT2D eigenvalue weighted by atomic mass is 10.2. The van der Waals surface area contributed by atoms with Crippen LogP contribution in [0, 0.1) is 5.82 Å². The van der Waals surface area contributed by atoms with Crippen LogP contribution in [0.4, 0.5) is 4.39 Å². The smallest absolute Gasteiger partial charge is 0.247 e. The normalized spacial score (nSPS) is 11.0. The van der Waals surface area contributed by atoms with E-state index in [0.29, 0.717) is 23.9 Å². The van der Waals surface area contributed by atoms with Crippen molar-refractivity contribution in [1.29, 1.82) is 0 Å². The average molecular weight is 352 g/mol. The lowest BCUT2D eigenvalue weighted by Gasteiger charge is -1.95. The van der Waals surface area contributed by atoms with E-state index in [-0.39, 0.29) is 5.82 Å². The number of benzene rings is 1. The second-order valence-electron chi connectivity index (χ2n) is 4.35. The first-order chi connectivity index (χ1) is 10.2. The predicted molar refractivity (Wildman–Crippen MR) is 76.3 cm³/mol. The molecule has 108 valence electrons. The Bertz CT molecular complexity index is 724.